The Balaban J connectivity index is 2.50. The molecular formula is C12H13NO2. The monoisotopic (exact) mass is 203 g/mol. The van der Waals surface area contributed by atoms with E-state index >= 15 is 0 Å². The molecule has 0 bridgehead atoms. The summed E-state index contributed by atoms with van der Waals surface area (Å²) in [5, 5.41) is 8.99. The predicted octanol–water partition coefficient (Wildman–Crippen LogP) is 2.25. The Kier molecular flexibility index (Phi) is 2.64. The van der Waals surface area contributed by atoms with Crippen molar-refractivity contribution in [2.75, 3.05) is 0 Å². The second-order valence-electron chi connectivity index (χ2n) is 3.64. The molecule has 1 heterocycles. The van der Waals surface area contributed by atoms with Gasteiger partial charge in [0, 0.05) is 17.7 Å². The first-order chi connectivity index (χ1) is 7.24. The quantitative estimate of drug-likeness (QED) is 0.801. The van der Waals surface area contributed by atoms with Crippen LogP contribution in [0.5, 0.6) is 0 Å². The Labute approximate surface area is 88.5 Å². The van der Waals surface area contributed by atoms with E-state index in [1.165, 1.54) is 0 Å². The van der Waals surface area contributed by atoms with Gasteiger partial charge >= 0.3 is 0 Å². The number of rotatable bonds is 2. The van der Waals surface area contributed by atoms with Gasteiger partial charge in [-0.2, -0.15) is 0 Å². The highest BCUT2D eigenvalue weighted by atomic mass is 16.3. The molecule has 0 spiro atoms. The Hall–Kier alpha value is -1.48. The van der Waals surface area contributed by atoms with Gasteiger partial charge in [0.05, 0.1) is 12.3 Å². The van der Waals surface area contributed by atoms with Gasteiger partial charge < -0.3 is 5.11 Å². The molecule has 15 heavy (non-hydrogen) atoms. The highest BCUT2D eigenvalue weighted by Crippen LogP contribution is 2.27. The normalized spacial score (nSPS) is 14.8. The first-order valence-electron chi connectivity index (χ1n) is 5.08. The molecule has 0 radical (unpaired) electrons. The largest absolute Gasteiger partial charge is 0.392 e. The number of fused-ring (bicyclic) bond motifs is 1. The molecule has 0 aliphatic carbocycles. The lowest BCUT2D eigenvalue weighted by atomic mass is 9.97. The highest BCUT2D eigenvalue weighted by Gasteiger charge is 2.18. The van der Waals surface area contributed by atoms with Crippen LogP contribution < -0.4 is 0 Å². The predicted molar refractivity (Wildman–Crippen MR) is 58.7 cm³/mol. The van der Waals surface area contributed by atoms with E-state index in [9.17, 15) is 4.79 Å². The van der Waals surface area contributed by atoms with Gasteiger partial charge in [-0.05, 0) is 24.1 Å². The molecule has 0 saturated carbocycles. The highest BCUT2D eigenvalue weighted by molar-refractivity contribution is 6.15. The van der Waals surface area contributed by atoms with Crippen molar-refractivity contribution in [3.05, 3.63) is 29.3 Å². The summed E-state index contributed by atoms with van der Waals surface area (Å²) in [6, 6.07) is 5.30. The molecule has 0 fully saturated rings. The lowest BCUT2D eigenvalue weighted by molar-refractivity contribution is 0.0999. The van der Waals surface area contributed by atoms with E-state index in [-0.39, 0.29) is 12.4 Å². The van der Waals surface area contributed by atoms with Crippen LogP contribution in [-0.4, -0.2) is 16.6 Å². The van der Waals surface area contributed by atoms with E-state index < -0.39 is 0 Å². The standard InChI is InChI=1S/C12H13NO2/c1-2-9-6-12(15)10-4-3-8(7-14)5-11(10)13-9/h3-5,14H,2,6-7H2,1H3. The zero-order valence-electron chi connectivity index (χ0n) is 8.66. The molecule has 78 valence electrons. The van der Waals surface area contributed by atoms with Crippen LogP contribution >= 0.6 is 0 Å². The second kappa shape index (κ2) is 3.95. The number of aliphatic hydroxyl groups excluding tert-OH is 1. The average molecular weight is 203 g/mol. The van der Waals surface area contributed by atoms with Crippen molar-refractivity contribution in [1.29, 1.82) is 0 Å². The number of ketones is 1. The maximum absolute atomic E-state index is 11.7. The van der Waals surface area contributed by atoms with Crippen LogP contribution in [0.1, 0.15) is 35.7 Å². The number of hydrogen-bond donors (Lipinski definition) is 1. The van der Waals surface area contributed by atoms with Gasteiger partial charge in [0.25, 0.3) is 0 Å². The zero-order chi connectivity index (χ0) is 10.8. The van der Waals surface area contributed by atoms with E-state index in [0.717, 1.165) is 17.7 Å². The first kappa shape index (κ1) is 10.1. The summed E-state index contributed by atoms with van der Waals surface area (Å²) in [6.45, 7) is 1.98. The summed E-state index contributed by atoms with van der Waals surface area (Å²) in [7, 11) is 0. The molecule has 2 rings (SSSR count). The minimum absolute atomic E-state index is 0.0154. The summed E-state index contributed by atoms with van der Waals surface area (Å²) in [5.74, 6) is 0.126. The van der Waals surface area contributed by atoms with E-state index in [1.807, 2.05) is 6.92 Å². The van der Waals surface area contributed by atoms with Crippen molar-refractivity contribution in [1.82, 2.24) is 0 Å². The molecule has 0 amide bonds. The molecule has 3 nitrogen and oxygen atoms in total. The third-order valence-electron chi connectivity index (χ3n) is 2.60. The van der Waals surface area contributed by atoms with Crippen LogP contribution in [0.3, 0.4) is 0 Å². The lowest BCUT2D eigenvalue weighted by Gasteiger charge is -2.14. The molecule has 1 aliphatic heterocycles. The lowest BCUT2D eigenvalue weighted by Crippen LogP contribution is -2.12. The summed E-state index contributed by atoms with van der Waals surface area (Å²) in [5.41, 5.74) is 3.09. The third kappa shape index (κ3) is 1.83. The molecule has 1 aliphatic rings. The SMILES string of the molecule is CCC1=Nc2cc(CO)ccc2C(=O)C1. The first-order valence-corrected chi connectivity index (χ1v) is 5.08. The van der Waals surface area contributed by atoms with Crippen LogP contribution in [0.25, 0.3) is 0 Å². The van der Waals surface area contributed by atoms with Gasteiger partial charge in [-0.15, -0.1) is 0 Å². The van der Waals surface area contributed by atoms with E-state index in [0.29, 0.717) is 17.7 Å². The number of aliphatic imine (C=N–C) groups is 1. The Morgan fingerprint density at radius 2 is 2.27 bits per heavy atom. The van der Waals surface area contributed by atoms with Crippen LogP contribution in [-0.2, 0) is 6.61 Å². The molecule has 0 unspecified atom stereocenters. The molecule has 3 heteroatoms. The van der Waals surface area contributed by atoms with Crippen molar-refractivity contribution in [2.24, 2.45) is 4.99 Å². The van der Waals surface area contributed by atoms with Gasteiger partial charge in [-0.3, -0.25) is 9.79 Å². The number of benzene rings is 1. The number of carbonyl (C=O) groups is 1. The van der Waals surface area contributed by atoms with Gasteiger partial charge in [0.1, 0.15) is 0 Å². The fraction of sp³-hybridized carbons (Fsp3) is 0.333. The van der Waals surface area contributed by atoms with Crippen molar-refractivity contribution in [3.63, 3.8) is 0 Å². The number of hydrogen-bond acceptors (Lipinski definition) is 3. The van der Waals surface area contributed by atoms with Crippen LogP contribution in [0.15, 0.2) is 23.2 Å². The number of carbonyl (C=O) groups excluding carboxylic acids is 1. The second-order valence-corrected chi connectivity index (χ2v) is 3.64. The average Bonchev–Trinajstić information content (AvgIpc) is 2.28. The fourth-order valence-corrected chi connectivity index (χ4v) is 1.70. The maximum atomic E-state index is 11.7. The minimum Gasteiger partial charge on any atom is -0.392 e. The zero-order valence-corrected chi connectivity index (χ0v) is 8.66. The van der Waals surface area contributed by atoms with Crippen molar-refractivity contribution >= 4 is 17.2 Å². The van der Waals surface area contributed by atoms with Gasteiger partial charge in [-0.1, -0.05) is 13.0 Å². The number of nitrogens with zero attached hydrogens (tertiary/aromatic N) is 1. The Bertz CT molecular complexity index is 435. The number of aliphatic hydroxyl groups is 1. The molecule has 1 N–H and O–H groups in total. The van der Waals surface area contributed by atoms with Crippen LogP contribution in [0.2, 0.25) is 0 Å². The Morgan fingerprint density at radius 1 is 1.47 bits per heavy atom. The summed E-state index contributed by atoms with van der Waals surface area (Å²) < 4.78 is 0. The molecule has 0 saturated heterocycles. The molecule has 1 aromatic rings. The van der Waals surface area contributed by atoms with Gasteiger partial charge in [-0.25, -0.2) is 0 Å². The van der Waals surface area contributed by atoms with E-state index in [4.69, 9.17) is 5.11 Å². The van der Waals surface area contributed by atoms with Crippen molar-refractivity contribution in [2.45, 2.75) is 26.4 Å². The van der Waals surface area contributed by atoms with E-state index in [2.05, 4.69) is 4.99 Å². The number of Topliss-reactive ketones (excluding diaryl/α,β-unsaturated/α-hetero) is 1. The topological polar surface area (TPSA) is 49.7 Å². The fourth-order valence-electron chi connectivity index (χ4n) is 1.70. The van der Waals surface area contributed by atoms with Gasteiger partial charge in [0.2, 0.25) is 0 Å². The third-order valence-corrected chi connectivity index (χ3v) is 2.60. The smallest absolute Gasteiger partial charge is 0.170 e. The van der Waals surface area contributed by atoms with Crippen molar-refractivity contribution < 1.29 is 9.90 Å². The molecule has 1 aromatic carbocycles. The van der Waals surface area contributed by atoms with Crippen molar-refractivity contribution in [3.8, 4) is 0 Å². The van der Waals surface area contributed by atoms with E-state index in [1.54, 1.807) is 18.2 Å². The van der Waals surface area contributed by atoms with Gasteiger partial charge in [0.15, 0.2) is 5.78 Å². The molecule has 0 aromatic heterocycles. The summed E-state index contributed by atoms with van der Waals surface area (Å²) >= 11 is 0. The summed E-state index contributed by atoms with van der Waals surface area (Å²) in [4.78, 5) is 16.1. The maximum Gasteiger partial charge on any atom is 0.170 e. The minimum atomic E-state index is -0.0154. The Morgan fingerprint density at radius 3 is 2.93 bits per heavy atom. The molecular weight excluding hydrogens is 190 g/mol. The summed E-state index contributed by atoms with van der Waals surface area (Å²) in [6.07, 6.45) is 1.23. The van der Waals surface area contributed by atoms with Crippen LogP contribution in [0, 0.1) is 0 Å². The van der Waals surface area contributed by atoms with Crippen LogP contribution in [0.4, 0.5) is 5.69 Å². The molecule has 0 atom stereocenters.